The van der Waals surface area contributed by atoms with Crippen molar-refractivity contribution in [2.24, 2.45) is 23.7 Å². The van der Waals surface area contributed by atoms with Crippen molar-refractivity contribution in [1.29, 1.82) is 0 Å². The van der Waals surface area contributed by atoms with Crippen LogP contribution in [0, 0.1) is 33.8 Å². The molecule has 0 spiro atoms. The average molecular weight is 298 g/mol. The zero-order valence-corrected chi connectivity index (χ0v) is 11.7. The fourth-order valence-corrected chi connectivity index (χ4v) is 4.07. The number of hydrogen-bond acceptors (Lipinski definition) is 4. The maximum absolute atomic E-state index is 12.7. The number of hydrogen-bond donors (Lipinski definition) is 0. The molecule has 6 heteroatoms. The van der Waals surface area contributed by atoms with Crippen LogP contribution in [0.25, 0.3) is 0 Å². The number of benzene rings is 1. The van der Waals surface area contributed by atoms with Crippen LogP contribution in [0.2, 0.25) is 0 Å². The highest BCUT2D eigenvalue weighted by atomic mass is 16.6. The van der Waals surface area contributed by atoms with Crippen molar-refractivity contribution in [3.8, 4) is 0 Å². The highest BCUT2D eigenvalue weighted by Gasteiger charge is 2.56. The van der Waals surface area contributed by atoms with Crippen LogP contribution < -0.4 is 4.90 Å². The molecule has 0 radical (unpaired) electrons. The number of rotatable bonds is 2. The van der Waals surface area contributed by atoms with Crippen molar-refractivity contribution >= 4 is 23.2 Å². The molecule has 1 saturated carbocycles. The third-order valence-corrected chi connectivity index (χ3v) is 5.06. The number of anilines is 1. The SMILES string of the molecule is O=C1[C@H]2[C@H](C(=O)N1c1cccc([N+](=O)[O-])c1)[C@H]1C=C[C@H]2CC1. The molecule has 4 atom stereocenters. The zero-order valence-electron chi connectivity index (χ0n) is 11.7. The van der Waals surface area contributed by atoms with Crippen LogP contribution in [0.1, 0.15) is 12.8 Å². The second-order valence-corrected chi connectivity index (χ2v) is 6.13. The van der Waals surface area contributed by atoms with E-state index >= 15 is 0 Å². The molecule has 0 N–H and O–H groups in total. The molecule has 1 saturated heterocycles. The molecule has 6 nitrogen and oxygen atoms in total. The van der Waals surface area contributed by atoms with Gasteiger partial charge in [0.1, 0.15) is 0 Å². The molecule has 0 unspecified atom stereocenters. The molecule has 22 heavy (non-hydrogen) atoms. The Morgan fingerprint density at radius 2 is 1.64 bits per heavy atom. The lowest BCUT2D eigenvalue weighted by molar-refractivity contribution is -0.384. The summed E-state index contributed by atoms with van der Waals surface area (Å²) in [5, 5.41) is 10.9. The molecule has 0 aromatic heterocycles. The summed E-state index contributed by atoms with van der Waals surface area (Å²) in [6.07, 6.45) is 5.98. The fraction of sp³-hybridized carbons (Fsp3) is 0.375. The van der Waals surface area contributed by atoms with E-state index in [1.54, 1.807) is 6.07 Å². The quantitative estimate of drug-likeness (QED) is 0.363. The number of nitrogens with zero attached hydrogens (tertiary/aromatic N) is 2. The summed E-state index contributed by atoms with van der Waals surface area (Å²) >= 11 is 0. The van der Waals surface area contributed by atoms with Crippen molar-refractivity contribution in [3.63, 3.8) is 0 Å². The minimum Gasteiger partial charge on any atom is -0.274 e. The molecule has 5 rings (SSSR count). The first-order valence-corrected chi connectivity index (χ1v) is 7.38. The molecule has 2 bridgehead atoms. The number of nitro benzene ring substituents is 1. The van der Waals surface area contributed by atoms with Gasteiger partial charge in [0.2, 0.25) is 11.8 Å². The summed E-state index contributed by atoms with van der Waals surface area (Å²) in [5.74, 6) is -0.777. The maximum Gasteiger partial charge on any atom is 0.271 e. The molecule has 4 aliphatic rings. The first-order chi connectivity index (χ1) is 10.6. The Morgan fingerprint density at radius 1 is 1.05 bits per heavy atom. The Hall–Kier alpha value is -2.50. The van der Waals surface area contributed by atoms with Gasteiger partial charge < -0.3 is 0 Å². The fourth-order valence-electron chi connectivity index (χ4n) is 4.07. The van der Waals surface area contributed by atoms with Gasteiger partial charge in [-0.2, -0.15) is 0 Å². The van der Waals surface area contributed by atoms with Gasteiger partial charge in [0.25, 0.3) is 5.69 Å². The highest BCUT2D eigenvalue weighted by Crippen LogP contribution is 2.50. The van der Waals surface area contributed by atoms with Crippen molar-refractivity contribution < 1.29 is 14.5 Å². The van der Waals surface area contributed by atoms with E-state index in [2.05, 4.69) is 12.2 Å². The van der Waals surface area contributed by atoms with E-state index in [0.717, 1.165) is 17.7 Å². The second kappa shape index (κ2) is 4.50. The summed E-state index contributed by atoms with van der Waals surface area (Å²) in [5.41, 5.74) is 0.187. The Labute approximate surface area is 126 Å². The number of imide groups is 1. The third-order valence-electron chi connectivity index (χ3n) is 5.06. The number of non-ortho nitro benzene ring substituents is 1. The molecule has 1 aromatic rings. The van der Waals surface area contributed by atoms with E-state index in [0.29, 0.717) is 5.69 Å². The van der Waals surface area contributed by atoms with Gasteiger partial charge in [-0.3, -0.25) is 19.7 Å². The summed E-state index contributed by atoms with van der Waals surface area (Å²) in [7, 11) is 0. The lowest BCUT2D eigenvalue weighted by Crippen LogP contribution is -2.38. The topological polar surface area (TPSA) is 80.5 Å². The predicted molar refractivity (Wildman–Crippen MR) is 77.9 cm³/mol. The number of fused-ring (bicyclic) bond motifs is 1. The average Bonchev–Trinajstić information content (AvgIpc) is 2.82. The van der Waals surface area contributed by atoms with Crippen LogP contribution in [-0.2, 0) is 9.59 Å². The number of carbonyl (C=O) groups is 2. The summed E-state index contributed by atoms with van der Waals surface area (Å²) in [4.78, 5) is 37.0. The van der Waals surface area contributed by atoms with E-state index in [4.69, 9.17) is 0 Å². The molecular formula is C16H14N2O4. The largest absolute Gasteiger partial charge is 0.274 e. The van der Waals surface area contributed by atoms with Crippen molar-refractivity contribution in [2.45, 2.75) is 12.8 Å². The van der Waals surface area contributed by atoms with Gasteiger partial charge >= 0.3 is 0 Å². The van der Waals surface area contributed by atoms with Crippen LogP contribution in [0.4, 0.5) is 11.4 Å². The van der Waals surface area contributed by atoms with Crippen LogP contribution >= 0.6 is 0 Å². The normalized spacial score (nSPS) is 32.5. The van der Waals surface area contributed by atoms with E-state index in [1.807, 2.05) is 0 Å². The Balaban J connectivity index is 1.75. The molecule has 1 aliphatic heterocycles. The minimum atomic E-state index is -0.521. The molecule has 112 valence electrons. The van der Waals surface area contributed by atoms with Gasteiger partial charge in [-0.25, -0.2) is 4.90 Å². The van der Waals surface area contributed by atoms with E-state index in [-0.39, 0.29) is 41.2 Å². The van der Waals surface area contributed by atoms with Gasteiger partial charge in [-0.1, -0.05) is 18.2 Å². The minimum absolute atomic E-state index is 0.117. The monoisotopic (exact) mass is 298 g/mol. The predicted octanol–water partition coefficient (Wildman–Crippen LogP) is 2.30. The van der Waals surface area contributed by atoms with Crippen LogP contribution in [0.3, 0.4) is 0 Å². The van der Waals surface area contributed by atoms with Gasteiger partial charge in [0.15, 0.2) is 0 Å². The summed E-state index contributed by atoms with van der Waals surface area (Å²) in [6, 6.07) is 5.73. The Morgan fingerprint density at radius 3 is 2.14 bits per heavy atom. The molecule has 2 fully saturated rings. The maximum atomic E-state index is 12.7. The van der Waals surface area contributed by atoms with Crippen molar-refractivity contribution in [3.05, 3.63) is 46.5 Å². The molecule has 3 aliphatic carbocycles. The van der Waals surface area contributed by atoms with Crippen molar-refractivity contribution in [2.75, 3.05) is 4.90 Å². The highest BCUT2D eigenvalue weighted by molar-refractivity contribution is 6.22. The summed E-state index contributed by atoms with van der Waals surface area (Å²) < 4.78 is 0. The number of allylic oxidation sites excluding steroid dienone is 2. The first-order valence-electron chi connectivity index (χ1n) is 7.38. The molecular weight excluding hydrogens is 284 g/mol. The Kier molecular flexibility index (Phi) is 2.69. The number of carbonyl (C=O) groups excluding carboxylic acids is 2. The summed E-state index contributed by atoms with van der Waals surface area (Å²) in [6.45, 7) is 0. The van der Waals surface area contributed by atoms with E-state index in [1.165, 1.54) is 18.2 Å². The van der Waals surface area contributed by atoms with Crippen molar-refractivity contribution in [1.82, 2.24) is 0 Å². The second-order valence-electron chi connectivity index (χ2n) is 6.13. The number of nitro groups is 1. The van der Waals surface area contributed by atoms with E-state index in [9.17, 15) is 19.7 Å². The lowest BCUT2D eigenvalue weighted by Gasteiger charge is -2.38. The van der Waals surface area contributed by atoms with Crippen LogP contribution in [0.15, 0.2) is 36.4 Å². The van der Waals surface area contributed by atoms with Gasteiger partial charge in [-0.15, -0.1) is 0 Å². The van der Waals surface area contributed by atoms with Gasteiger partial charge in [0, 0.05) is 12.1 Å². The number of amides is 2. The van der Waals surface area contributed by atoms with Crippen LogP contribution in [-0.4, -0.2) is 16.7 Å². The van der Waals surface area contributed by atoms with Crippen LogP contribution in [0.5, 0.6) is 0 Å². The molecule has 1 aromatic carbocycles. The smallest absolute Gasteiger partial charge is 0.271 e. The van der Waals surface area contributed by atoms with Gasteiger partial charge in [0.05, 0.1) is 22.4 Å². The first kappa shape index (κ1) is 13.2. The molecule has 1 heterocycles. The third kappa shape index (κ3) is 1.66. The standard InChI is InChI=1S/C16H14N2O4/c19-15-13-9-4-5-10(7-6-9)14(13)16(20)17(15)11-2-1-3-12(8-11)18(21)22/h1-5,8-10,13-14H,6-7H2/t9-,10-,13+,14+/m0/s1. The molecule has 2 amide bonds. The zero-order chi connectivity index (χ0) is 15.4. The Bertz CT molecular complexity index is 695. The van der Waals surface area contributed by atoms with E-state index < -0.39 is 4.92 Å². The lowest BCUT2D eigenvalue weighted by atomic mass is 9.63. The van der Waals surface area contributed by atoms with Gasteiger partial charge in [-0.05, 0) is 30.7 Å².